The fraction of sp³-hybridized carbons (Fsp3) is 0.600. The Labute approximate surface area is 79.7 Å². The Morgan fingerprint density at radius 3 is 2.85 bits per heavy atom. The summed E-state index contributed by atoms with van der Waals surface area (Å²) in [5.74, 6) is 1.08. The van der Waals surface area contributed by atoms with Crippen molar-refractivity contribution in [2.24, 2.45) is 5.73 Å². The quantitative estimate of drug-likeness (QED) is 0.608. The molecule has 0 fully saturated rings. The summed E-state index contributed by atoms with van der Waals surface area (Å²) in [5, 5.41) is 3.29. The Morgan fingerprint density at radius 2 is 2.31 bits per heavy atom. The van der Waals surface area contributed by atoms with E-state index in [0.29, 0.717) is 0 Å². The number of hydrogen-bond donors (Lipinski definition) is 3. The Balaban J connectivity index is 2.09. The van der Waals surface area contributed by atoms with Gasteiger partial charge in [0, 0.05) is 18.3 Å². The van der Waals surface area contributed by atoms with Crippen LogP contribution >= 0.6 is 0 Å². The van der Waals surface area contributed by atoms with Crippen molar-refractivity contribution in [2.75, 3.05) is 11.9 Å². The maximum Gasteiger partial charge on any atom is 0.103 e. The lowest BCUT2D eigenvalue weighted by Crippen LogP contribution is -2.32. The van der Waals surface area contributed by atoms with Gasteiger partial charge in [0.25, 0.3) is 0 Å². The average molecular weight is 181 g/mol. The van der Waals surface area contributed by atoms with E-state index in [1.54, 1.807) is 0 Å². The minimum Gasteiger partial charge on any atom is -0.372 e. The smallest absolute Gasteiger partial charge is 0.103 e. The molecule has 0 amide bonds. The molecular formula is C10H19N3. The van der Waals surface area contributed by atoms with Crippen molar-refractivity contribution < 1.29 is 0 Å². The van der Waals surface area contributed by atoms with Crippen LogP contribution in [0.3, 0.4) is 0 Å². The molecule has 0 aliphatic rings. The lowest BCUT2D eigenvalue weighted by Gasteiger charge is -2.17. The van der Waals surface area contributed by atoms with Crippen LogP contribution in [0.25, 0.3) is 0 Å². The Bertz CT molecular complexity index is 221. The highest BCUT2D eigenvalue weighted by Crippen LogP contribution is 2.07. The van der Waals surface area contributed by atoms with Gasteiger partial charge in [0.05, 0.1) is 0 Å². The zero-order valence-corrected chi connectivity index (χ0v) is 8.43. The van der Waals surface area contributed by atoms with E-state index < -0.39 is 0 Å². The van der Waals surface area contributed by atoms with E-state index in [-0.39, 0.29) is 5.54 Å². The largest absolute Gasteiger partial charge is 0.372 e. The third kappa shape index (κ3) is 4.58. The second-order valence-electron chi connectivity index (χ2n) is 4.10. The first-order valence-corrected chi connectivity index (χ1v) is 4.74. The summed E-state index contributed by atoms with van der Waals surface area (Å²) < 4.78 is 0. The van der Waals surface area contributed by atoms with Crippen LogP contribution in [0, 0.1) is 0 Å². The van der Waals surface area contributed by atoms with Crippen molar-refractivity contribution in [3.63, 3.8) is 0 Å². The molecule has 0 bridgehead atoms. The fourth-order valence-electron chi connectivity index (χ4n) is 1.21. The predicted molar refractivity (Wildman–Crippen MR) is 56.8 cm³/mol. The highest BCUT2D eigenvalue weighted by atomic mass is 15.0. The molecule has 0 atom stereocenters. The highest BCUT2D eigenvalue weighted by Gasteiger charge is 2.08. The Morgan fingerprint density at radius 1 is 1.54 bits per heavy atom. The first-order chi connectivity index (χ1) is 6.08. The minimum absolute atomic E-state index is 0.0442. The summed E-state index contributed by atoms with van der Waals surface area (Å²) >= 11 is 0. The fourth-order valence-corrected chi connectivity index (χ4v) is 1.21. The van der Waals surface area contributed by atoms with Crippen molar-refractivity contribution in [3.05, 3.63) is 18.3 Å². The van der Waals surface area contributed by atoms with Crippen LogP contribution in [0.2, 0.25) is 0 Å². The van der Waals surface area contributed by atoms with Crippen molar-refractivity contribution in [2.45, 2.75) is 32.2 Å². The Kier molecular flexibility index (Phi) is 3.37. The summed E-state index contributed by atoms with van der Waals surface area (Å²) in [4.78, 5) is 3.09. The summed E-state index contributed by atoms with van der Waals surface area (Å²) in [7, 11) is 0. The summed E-state index contributed by atoms with van der Waals surface area (Å²) in [6, 6.07) is 4.00. The first-order valence-electron chi connectivity index (χ1n) is 4.74. The number of H-pyrrole nitrogens is 1. The molecule has 74 valence electrons. The monoisotopic (exact) mass is 181 g/mol. The zero-order chi connectivity index (χ0) is 9.73. The summed E-state index contributed by atoms with van der Waals surface area (Å²) in [6.45, 7) is 5.09. The molecule has 1 rings (SSSR count). The van der Waals surface area contributed by atoms with E-state index in [4.69, 9.17) is 5.73 Å². The van der Waals surface area contributed by atoms with Crippen LogP contribution < -0.4 is 11.1 Å². The molecule has 1 aromatic heterocycles. The van der Waals surface area contributed by atoms with Crippen LogP contribution in [0.5, 0.6) is 0 Å². The van der Waals surface area contributed by atoms with E-state index in [1.165, 1.54) is 0 Å². The van der Waals surface area contributed by atoms with E-state index in [0.717, 1.165) is 25.2 Å². The number of aromatic amines is 1. The molecular weight excluding hydrogens is 162 g/mol. The maximum atomic E-state index is 5.86. The maximum absolute atomic E-state index is 5.86. The van der Waals surface area contributed by atoms with Crippen molar-refractivity contribution in [1.82, 2.24) is 4.98 Å². The SMILES string of the molecule is CC(C)(N)CCCNc1ccc[nH]1. The second kappa shape index (κ2) is 4.33. The third-order valence-electron chi connectivity index (χ3n) is 1.91. The number of anilines is 1. The van der Waals surface area contributed by atoms with Gasteiger partial charge in [-0.1, -0.05) is 0 Å². The van der Waals surface area contributed by atoms with Gasteiger partial charge in [0.15, 0.2) is 0 Å². The van der Waals surface area contributed by atoms with Gasteiger partial charge < -0.3 is 16.0 Å². The number of nitrogens with one attached hydrogen (secondary N) is 2. The van der Waals surface area contributed by atoms with Gasteiger partial charge in [-0.15, -0.1) is 0 Å². The first kappa shape index (κ1) is 10.1. The number of nitrogens with two attached hydrogens (primary N) is 1. The van der Waals surface area contributed by atoms with Crippen LogP contribution in [0.4, 0.5) is 5.82 Å². The van der Waals surface area contributed by atoms with E-state index in [1.807, 2.05) is 18.3 Å². The molecule has 13 heavy (non-hydrogen) atoms. The molecule has 0 saturated heterocycles. The van der Waals surface area contributed by atoms with Gasteiger partial charge in [0.1, 0.15) is 5.82 Å². The van der Waals surface area contributed by atoms with E-state index in [9.17, 15) is 0 Å². The molecule has 1 heterocycles. The van der Waals surface area contributed by atoms with Crippen LogP contribution in [0.1, 0.15) is 26.7 Å². The van der Waals surface area contributed by atoms with Crippen LogP contribution in [0.15, 0.2) is 18.3 Å². The van der Waals surface area contributed by atoms with Crippen molar-refractivity contribution in [1.29, 1.82) is 0 Å². The third-order valence-corrected chi connectivity index (χ3v) is 1.91. The average Bonchev–Trinajstić information content (AvgIpc) is 2.48. The summed E-state index contributed by atoms with van der Waals surface area (Å²) in [6.07, 6.45) is 4.05. The molecule has 3 nitrogen and oxygen atoms in total. The number of rotatable bonds is 5. The van der Waals surface area contributed by atoms with E-state index >= 15 is 0 Å². The molecule has 0 saturated carbocycles. The summed E-state index contributed by atoms with van der Waals surface area (Å²) in [5.41, 5.74) is 5.82. The van der Waals surface area contributed by atoms with Gasteiger partial charge in [-0.2, -0.15) is 0 Å². The van der Waals surface area contributed by atoms with Crippen LogP contribution in [-0.4, -0.2) is 17.1 Å². The molecule has 1 aromatic rings. The van der Waals surface area contributed by atoms with Gasteiger partial charge in [-0.05, 0) is 38.8 Å². The highest BCUT2D eigenvalue weighted by molar-refractivity contribution is 5.33. The predicted octanol–water partition coefficient (Wildman–Crippen LogP) is 1.94. The lowest BCUT2D eigenvalue weighted by atomic mass is 10.0. The van der Waals surface area contributed by atoms with Gasteiger partial charge in [-0.25, -0.2) is 0 Å². The van der Waals surface area contributed by atoms with Crippen molar-refractivity contribution in [3.8, 4) is 0 Å². The molecule has 0 spiro atoms. The topological polar surface area (TPSA) is 53.8 Å². The normalized spacial score (nSPS) is 11.6. The molecule has 4 N–H and O–H groups in total. The van der Waals surface area contributed by atoms with Gasteiger partial charge in [-0.3, -0.25) is 0 Å². The molecule has 0 aliphatic heterocycles. The van der Waals surface area contributed by atoms with Gasteiger partial charge in [0.2, 0.25) is 0 Å². The molecule has 3 heteroatoms. The second-order valence-corrected chi connectivity index (χ2v) is 4.10. The Hall–Kier alpha value is -0.960. The number of aromatic nitrogens is 1. The van der Waals surface area contributed by atoms with Crippen molar-refractivity contribution >= 4 is 5.82 Å². The standard InChI is InChI=1S/C10H19N3/c1-10(2,11)6-4-8-13-9-5-3-7-12-9/h3,5,7,12-13H,4,6,8,11H2,1-2H3. The lowest BCUT2D eigenvalue weighted by molar-refractivity contribution is 0.465. The minimum atomic E-state index is -0.0442. The van der Waals surface area contributed by atoms with E-state index in [2.05, 4.69) is 24.1 Å². The van der Waals surface area contributed by atoms with Crippen LogP contribution in [-0.2, 0) is 0 Å². The van der Waals surface area contributed by atoms with Gasteiger partial charge >= 0.3 is 0 Å². The zero-order valence-electron chi connectivity index (χ0n) is 8.43. The molecule has 0 aliphatic carbocycles. The number of hydrogen-bond acceptors (Lipinski definition) is 2. The molecule has 0 aromatic carbocycles. The molecule has 0 unspecified atom stereocenters. The molecule has 0 radical (unpaired) electrons.